The number of nitrogens with zero attached hydrogens (tertiary/aromatic N) is 4. The van der Waals surface area contributed by atoms with Crippen molar-refractivity contribution in [2.45, 2.75) is 78.5 Å². The number of Topliss-reactive ketones (excluding diaryl/α,β-unsaturated/α-hetero) is 1. The Morgan fingerprint density at radius 3 is 2.33 bits per heavy atom. The summed E-state index contributed by atoms with van der Waals surface area (Å²) >= 11 is 0. The number of fused-ring (bicyclic) bond motifs is 1. The number of carbonyl (C=O) groups is 4. The van der Waals surface area contributed by atoms with Crippen LogP contribution >= 0.6 is 0 Å². The minimum atomic E-state index is -2.43. The van der Waals surface area contributed by atoms with Gasteiger partial charge >= 0.3 is 12.2 Å². The quantitative estimate of drug-likeness (QED) is 0.231. The van der Waals surface area contributed by atoms with E-state index in [9.17, 15) is 28.4 Å². The van der Waals surface area contributed by atoms with E-state index in [1.54, 1.807) is 26.8 Å². The zero-order valence-electron chi connectivity index (χ0n) is 31.1. The van der Waals surface area contributed by atoms with Crippen LogP contribution in [-0.2, 0) is 38.4 Å². The van der Waals surface area contributed by atoms with Crippen molar-refractivity contribution in [3.05, 3.63) is 81.7 Å². The van der Waals surface area contributed by atoms with Gasteiger partial charge in [0, 0.05) is 54.5 Å². The van der Waals surface area contributed by atoms with E-state index in [-0.39, 0.29) is 18.0 Å². The lowest BCUT2D eigenvalue weighted by molar-refractivity contribution is -0.127. The number of allylic oxidation sites excluding steroid dienone is 1. The van der Waals surface area contributed by atoms with Gasteiger partial charge in [-0.2, -0.15) is 0 Å². The highest BCUT2D eigenvalue weighted by Gasteiger charge is 2.27. The molecule has 0 bridgehead atoms. The van der Waals surface area contributed by atoms with Crippen molar-refractivity contribution in [2.24, 2.45) is 5.92 Å². The first kappa shape index (κ1) is 34.6. The third kappa shape index (κ3) is 10.1. The van der Waals surface area contributed by atoms with Crippen LogP contribution in [-0.4, -0.2) is 82.7 Å². The number of halogens is 1. The highest BCUT2D eigenvalue weighted by Crippen LogP contribution is 2.29. The van der Waals surface area contributed by atoms with Gasteiger partial charge in [-0.15, -0.1) is 0 Å². The molecular formula is C36H47FN4O7. The summed E-state index contributed by atoms with van der Waals surface area (Å²) in [5.41, 5.74) is -0.0573. The van der Waals surface area contributed by atoms with Gasteiger partial charge in [-0.1, -0.05) is 26.0 Å². The highest BCUT2D eigenvalue weighted by molar-refractivity contribution is 5.93. The summed E-state index contributed by atoms with van der Waals surface area (Å²) in [4.78, 5) is 67.8. The van der Waals surface area contributed by atoms with Crippen LogP contribution in [0.15, 0.2) is 53.5 Å². The molecule has 1 atom stereocenters. The average Bonchev–Trinajstić information content (AvgIpc) is 3.34. The first-order chi connectivity index (χ1) is 23.1. The standard InChI is InChI=1S/C36H47FN4O7/c1-23(2)17-25-18-27(37)19-26-20-28(41(32(25)26)35(46)48-36(3,4)5)22-40-16-12-13-24(33(40)44)21-29(42)30(47-34(45)39(8)9)14-10-11-15-31(43)38(6)7/h11-13,15-16,18-20,23,30H,10,14,17,21-22H2,1-9H3/b15-11+/i14D2. The van der Waals surface area contributed by atoms with E-state index >= 15 is 0 Å². The van der Waals surface area contributed by atoms with Gasteiger partial charge in [-0.25, -0.2) is 18.5 Å². The van der Waals surface area contributed by atoms with Crippen LogP contribution in [0.2, 0.25) is 0 Å². The van der Waals surface area contributed by atoms with Crippen molar-refractivity contribution in [1.82, 2.24) is 18.9 Å². The molecule has 0 aliphatic rings. The Kier molecular flexibility index (Phi) is 11.5. The molecular weight excluding hydrogens is 619 g/mol. The number of likely N-dealkylation sites (N-methyl/N-ethyl adjacent to an activating group) is 1. The zero-order valence-corrected chi connectivity index (χ0v) is 29.1. The molecule has 11 nitrogen and oxygen atoms in total. The molecule has 3 aromatic rings. The molecule has 1 unspecified atom stereocenters. The maximum Gasteiger partial charge on any atom is 0.419 e. The van der Waals surface area contributed by atoms with Gasteiger partial charge in [0.1, 0.15) is 11.4 Å². The van der Waals surface area contributed by atoms with E-state index in [0.29, 0.717) is 28.6 Å². The lowest BCUT2D eigenvalue weighted by Crippen LogP contribution is -2.35. The topological polar surface area (TPSA) is 120 Å². The van der Waals surface area contributed by atoms with Crippen LogP contribution in [0.3, 0.4) is 0 Å². The molecule has 12 heteroatoms. The van der Waals surface area contributed by atoms with Crippen LogP contribution in [0.25, 0.3) is 10.9 Å². The van der Waals surface area contributed by atoms with Crippen LogP contribution in [0.1, 0.15) is 67.0 Å². The number of aromatic nitrogens is 2. The van der Waals surface area contributed by atoms with Gasteiger partial charge in [-0.3, -0.25) is 14.4 Å². The number of carbonyl (C=O) groups excluding carboxylic acids is 4. The minimum Gasteiger partial charge on any atom is -0.443 e. The molecule has 0 saturated heterocycles. The molecule has 3 rings (SSSR count). The van der Waals surface area contributed by atoms with Gasteiger partial charge < -0.3 is 23.8 Å². The van der Waals surface area contributed by atoms with Gasteiger partial charge in [0.15, 0.2) is 11.9 Å². The van der Waals surface area contributed by atoms with E-state index in [2.05, 4.69) is 0 Å². The summed E-state index contributed by atoms with van der Waals surface area (Å²) in [7, 11) is 5.81. The van der Waals surface area contributed by atoms with Gasteiger partial charge in [0.05, 0.1) is 17.8 Å². The van der Waals surface area contributed by atoms with Crippen molar-refractivity contribution >= 4 is 34.8 Å². The molecule has 0 N–H and O–H groups in total. The summed E-state index contributed by atoms with van der Waals surface area (Å²) in [6.45, 7) is 8.97. The number of pyridine rings is 1. The number of ether oxygens (including phenoxy) is 2. The van der Waals surface area contributed by atoms with E-state index in [0.717, 1.165) is 11.0 Å². The summed E-state index contributed by atoms with van der Waals surface area (Å²) < 4.78 is 45.5. The van der Waals surface area contributed by atoms with E-state index < -0.39 is 66.2 Å². The van der Waals surface area contributed by atoms with E-state index in [1.165, 1.54) is 78.8 Å². The molecule has 2 heterocycles. The number of amides is 2. The van der Waals surface area contributed by atoms with Gasteiger partial charge in [-0.05, 0) is 81.8 Å². The second kappa shape index (κ2) is 15.9. The molecule has 0 radical (unpaired) electrons. The SMILES string of the molecule is [2H]C([2H])(C/C=C/C(=O)N(C)C)C(OC(=O)N(C)C)C(=O)Cc1cccn(Cc2cc3cc(F)cc(CC(C)C)c3n2C(=O)OC(C)(C)C)c1=O. The predicted octanol–water partition coefficient (Wildman–Crippen LogP) is 5.58. The lowest BCUT2D eigenvalue weighted by atomic mass is 10.0. The van der Waals surface area contributed by atoms with Crippen molar-refractivity contribution in [3.8, 4) is 0 Å². The van der Waals surface area contributed by atoms with E-state index in [1.807, 2.05) is 13.8 Å². The van der Waals surface area contributed by atoms with Crippen LogP contribution in [0.5, 0.6) is 0 Å². The van der Waals surface area contributed by atoms with Gasteiger partial charge in [0.2, 0.25) is 5.91 Å². The van der Waals surface area contributed by atoms with Crippen molar-refractivity contribution in [1.29, 1.82) is 0 Å². The number of hydrogen-bond acceptors (Lipinski definition) is 7. The third-order valence-electron chi connectivity index (χ3n) is 7.01. The average molecular weight is 669 g/mol. The molecule has 0 aliphatic heterocycles. The van der Waals surface area contributed by atoms with Crippen molar-refractivity contribution < 1.29 is 35.8 Å². The lowest BCUT2D eigenvalue weighted by Gasteiger charge is -2.22. The largest absolute Gasteiger partial charge is 0.443 e. The fraction of sp³-hybridized carbons (Fsp3) is 0.472. The predicted molar refractivity (Wildman–Crippen MR) is 182 cm³/mol. The molecule has 2 amide bonds. The second-order valence-corrected chi connectivity index (χ2v) is 13.4. The molecule has 260 valence electrons. The van der Waals surface area contributed by atoms with Crippen molar-refractivity contribution in [2.75, 3.05) is 28.2 Å². The van der Waals surface area contributed by atoms with Gasteiger partial charge in [0.25, 0.3) is 5.56 Å². The minimum absolute atomic E-state index is 0.0102. The molecule has 48 heavy (non-hydrogen) atoms. The number of benzene rings is 1. The monoisotopic (exact) mass is 668 g/mol. The molecule has 0 fully saturated rings. The summed E-state index contributed by atoms with van der Waals surface area (Å²) in [5, 5.41) is 0.454. The number of rotatable bonds is 12. The highest BCUT2D eigenvalue weighted by atomic mass is 19.1. The Labute approximate surface area is 283 Å². The maximum absolute atomic E-state index is 14.7. The Morgan fingerprint density at radius 1 is 1.04 bits per heavy atom. The van der Waals surface area contributed by atoms with Crippen LogP contribution < -0.4 is 5.56 Å². The molecule has 0 saturated carbocycles. The summed E-state index contributed by atoms with van der Waals surface area (Å²) in [6, 6.07) is 7.26. The Bertz CT molecular complexity index is 1840. The first-order valence-electron chi connectivity index (χ1n) is 16.6. The number of ketones is 1. The zero-order chi connectivity index (χ0) is 37.7. The second-order valence-electron chi connectivity index (χ2n) is 13.4. The Balaban J connectivity index is 2.05. The van der Waals surface area contributed by atoms with Crippen LogP contribution in [0, 0.1) is 11.7 Å². The Morgan fingerprint density at radius 2 is 1.73 bits per heavy atom. The third-order valence-corrected chi connectivity index (χ3v) is 7.01. The molecule has 2 aromatic heterocycles. The number of hydrogen-bond donors (Lipinski definition) is 0. The fourth-order valence-corrected chi connectivity index (χ4v) is 4.89. The molecule has 0 spiro atoms. The van der Waals surface area contributed by atoms with E-state index in [4.69, 9.17) is 12.2 Å². The smallest absolute Gasteiger partial charge is 0.419 e. The maximum atomic E-state index is 14.7. The first-order valence-corrected chi connectivity index (χ1v) is 15.6. The van der Waals surface area contributed by atoms with Crippen molar-refractivity contribution in [3.63, 3.8) is 0 Å². The summed E-state index contributed by atoms with van der Waals surface area (Å²) in [5.74, 6) is -1.59. The normalized spacial score (nSPS) is 13.3. The fourth-order valence-electron chi connectivity index (χ4n) is 4.89. The Hall–Kier alpha value is -4.74. The summed E-state index contributed by atoms with van der Waals surface area (Å²) in [6.07, 6.45) is -2.66. The van der Waals surface area contributed by atoms with Crippen LogP contribution in [0.4, 0.5) is 14.0 Å². The molecule has 1 aromatic carbocycles. The molecule has 0 aliphatic carbocycles.